The van der Waals surface area contributed by atoms with Gasteiger partial charge in [-0.05, 0) is 25.0 Å². The van der Waals surface area contributed by atoms with E-state index < -0.39 is 10.0 Å². The molecule has 1 aliphatic heterocycles. The first-order chi connectivity index (χ1) is 10.1. The van der Waals surface area contributed by atoms with E-state index in [0.717, 1.165) is 0 Å². The number of piperidine rings is 1. The van der Waals surface area contributed by atoms with Crippen LogP contribution in [0.3, 0.4) is 0 Å². The van der Waals surface area contributed by atoms with Crippen LogP contribution in [0.15, 0.2) is 35.2 Å². The van der Waals surface area contributed by atoms with E-state index in [1.165, 1.54) is 4.31 Å². The zero-order chi connectivity index (χ0) is 15.3. The number of hydrogen-bond acceptors (Lipinski definition) is 3. The quantitative estimate of drug-likeness (QED) is 0.838. The second-order valence-corrected chi connectivity index (χ2v) is 6.88. The fourth-order valence-electron chi connectivity index (χ4n) is 2.40. The molecule has 0 aliphatic carbocycles. The summed E-state index contributed by atoms with van der Waals surface area (Å²) in [5.74, 6) is 1.82. The van der Waals surface area contributed by atoms with Gasteiger partial charge in [-0.3, -0.25) is 4.79 Å². The van der Waals surface area contributed by atoms with Gasteiger partial charge in [0.25, 0.3) is 0 Å². The molecule has 1 aromatic rings. The first kappa shape index (κ1) is 15.5. The molecule has 0 saturated carbocycles. The monoisotopic (exact) mass is 306 g/mol. The molecular weight excluding hydrogens is 288 g/mol. The zero-order valence-electron chi connectivity index (χ0n) is 11.7. The lowest BCUT2D eigenvalue weighted by Crippen LogP contribution is -2.45. The van der Waals surface area contributed by atoms with E-state index >= 15 is 0 Å². The summed E-state index contributed by atoms with van der Waals surface area (Å²) in [5.41, 5.74) is 0. The Morgan fingerprint density at radius 3 is 2.76 bits per heavy atom. The molecule has 1 N–H and O–H groups in total. The molecule has 112 valence electrons. The summed E-state index contributed by atoms with van der Waals surface area (Å²) in [7, 11) is -3.54. The van der Waals surface area contributed by atoms with Crippen LogP contribution in [-0.2, 0) is 14.8 Å². The van der Waals surface area contributed by atoms with E-state index in [1.54, 1.807) is 30.3 Å². The standard InChI is InChI=1S/C15H18N2O3S/c1-2-10-16-15(18)13-7-6-11-17(12-13)21(19,20)14-8-4-3-5-9-14/h1,3-5,8-9,13H,6-7,10-12H2,(H,16,18). The van der Waals surface area contributed by atoms with Crippen molar-refractivity contribution in [3.8, 4) is 12.3 Å². The number of hydrogen-bond donors (Lipinski definition) is 1. The minimum absolute atomic E-state index is 0.167. The van der Waals surface area contributed by atoms with Gasteiger partial charge in [-0.15, -0.1) is 6.42 Å². The van der Waals surface area contributed by atoms with Crippen LogP contribution in [0.2, 0.25) is 0 Å². The lowest BCUT2D eigenvalue weighted by atomic mass is 9.99. The van der Waals surface area contributed by atoms with E-state index in [2.05, 4.69) is 11.2 Å². The Morgan fingerprint density at radius 2 is 2.10 bits per heavy atom. The molecule has 0 bridgehead atoms. The third-order valence-corrected chi connectivity index (χ3v) is 5.38. The number of nitrogens with one attached hydrogen (secondary N) is 1. The van der Waals surface area contributed by atoms with E-state index in [1.807, 2.05) is 0 Å². The summed E-state index contributed by atoms with van der Waals surface area (Å²) >= 11 is 0. The second-order valence-electron chi connectivity index (χ2n) is 4.94. The number of amides is 1. The summed E-state index contributed by atoms with van der Waals surface area (Å²) in [6, 6.07) is 8.28. The van der Waals surface area contributed by atoms with Crippen molar-refractivity contribution < 1.29 is 13.2 Å². The molecule has 0 aromatic heterocycles. The van der Waals surface area contributed by atoms with Crippen LogP contribution in [0.4, 0.5) is 0 Å². The van der Waals surface area contributed by atoms with E-state index in [9.17, 15) is 13.2 Å². The highest BCUT2D eigenvalue weighted by Crippen LogP contribution is 2.23. The van der Waals surface area contributed by atoms with Gasteiger partial charge < -0.3 is 5.32 Å². The molecule has 1 atom stereocenters. The number of carbonyl (C=O) groups is 1. The molecule has 1 amide bonds. The summed E-state index contributed by atoms with van der Waals surface area (Å²) in [5, 5.41) is 2.62. The molecule has 2 rings (SSSR count). The third kappa shape index (κ3) is 3.63. The minimum atomic E-state index is -3.54. The highest BCUT2D eigenvalue weighted by molar-refractivity contribution is 7.89. The molecule has 5 nitrogen and oxygen atoms in total. The summed E-state index contributed by atoms with van der Waals surface area (Å²) in [6.45, 7) is 0.810. The second kappa shape index (κ2) is 6.74. The first-order valence-electron chi connectivity index (χ1n) is 6.82. The molecule has 1 aliphatic rings. The maximum absolute atomic E-state index is 12.5. The summed E-state index contributed by atoms with van der Waals surface area (Å²) in [4.78, 5) is 12.2. The van der Waals surface area contributed by atoms with Crippen molar-refractivity contribution in [3.05, 3.63) is 30.3 Å². The van der Waals surface area contributed by atoms with Crippen LogP contribution >= 0.6 is 0 Å². The maximum Gasteiger partial charge on any atom is 0.243 e. The van der Waals surface area contributed by atoms with Crippen LogP contribution in [0.25, 0.3) is 0 Å². The van der Waals surface area contributed by atoms with Crippen molar-refractivity contribution >= 4 is 15.9 Å². The van der Waals surface area contributed by atoms with Gasteiger partial charge in [0.2, 0.25) is 15.9 Å². The molecule has 0 radical (unpaired) electrons. The molecule has 1 unspecified atom stereocenters. The van der Waals surface area contributed by atoms with Gasteiger partial charge >= 0.3 is 0 Å². The van der Waals surface area contributed by atoms with Crippen LogP contribution in [0.1, 0.15) is 12.8 Å². The Balaban J connectivity index is 2.11. The summed E-state index contributed by atoms with van der Waals surface area (Å²) in [6.07, 6.45) is 6.45. The Morgan fingerprint density at radius 1 is 1.38 bits per heavy atom. The normalized spacial score (nSPS) is 19.7. The Hall–Kier alpha value is -1.84. The highest BCUT2D eigenvalue weighted by Gasteiger charge is 2.32. The maximum atomic E-state index is 12.5. The highest BCUT2D eigenvalue weighted by atomic mass is 32.2. The lowest BCUT2D eigenvalue weighted by molar-refractivity contribution is -0.125. The molecular formula is C15H18N2O3S. The van der Waals surface area contributed by atoms with Crippen molar-refractivity contribution in [1.82, 2.24) is 9.62 Å². The predicted molar refractivity (Wildman–Crippen MR) is 79.8 cm³/mol. The third-order valence-electron chi connectivity index (χ3n) is 3.50. The number of nitrogens with zero attached hydrogens (tertiary/aromatic N) is 1. The molecule has 1 heterocycles. The van der Waals surface area contributed by atoms with E-state index in [-0.39, 0.29) is 29.8 Å². The molecule has 1 saturated heterocycles. The number of rotatable bonds is 4. The Labute approximate surface area is 125 Å². The lowest BCUT2D eigenvalue weighted by Gasteiger charge is -2.31. The molecule has 0 spiro atoms. The minimum Gasteiger partial charge on any atom is -0.345 e. The van der Waals surface area contributed by atoms with Crippen molar-refractivity contribution in [2.24, 2.45) is 5.92 Å². The fraction of sp³-hybridized carbons (Fsp3) is 0.400. The number of benzene rings is 1. The van der Waals surface area contributed by atoms with Crippen molar-refractivity contribution in [2.75, 3.05) is 19.6 Å². The van der Waals surface area contributed by atoms with Gasteiger partial charge in [0.1, 0.15) is 0 Å². The SMILES string of the molecule is C#CCNC(=O)C1CCCN(S(=O)(=O)c2ccccc2)C1. The first-order valence-corrected chi connectivity index (χ1v) is 8.26. The predicted octanol–water partition coefficient (Wildman–Crippen LogP) is 0.837. The smallest absolute Gasteiger partial charge is 0.243 e. The molecule has 6 heteroatoms. The summed E-state index contributed by atoms with van der Waals surface area (Å²) < 4.78 is 26.4. The average Bonchev–Trinajstić information content (AvgIpc) is 2.53. The van der Waals surface area contributed by atoms with Crippen LogP contribution in [-0.4, -0.2) is 38.3 Å². The number of terminal acetylenes is 1. The van der Waals surface area contributed by atoms with Crippen LogP contribution < -0.4 is 5.32 Å². The van der Waals surface area contributed by atoms with Gasteiger partial charge in [-0.25, -0.2) is 8.42 Å². The average molecular weight is 306 g/mol. The molecule has 21 heavy (non-hydrogen) atoms. The van der Waals surface area contributed by atoms with Crippen molar-refractivity contribution in [2.45, 2.75) is 17.7 Å². The number of sulfonamides is 1. The van der Waals surface area contributed by atoms with Gasteiger partial charge in [0.05, 0.1) is 17.4 Å². The number of carbonyl (C=O) groups excluding carboxylic acids is 1. The molecule has 1 aromatic carbocycles. The van der Waals surface area contributed by atoms with E-state index in [4.69, 9.17) is 6.42 Å². The van der Waals surface area contributed by atoms with Crippen molar-refractivity contribution in [1.29, 1.82) is 0 Å². The van der Waals surface area contributed by atoms with Crippen molar-refractivity contribution in [3.63, 3.8) is 0 Å². The van der Waals surface area contributed by atoms with E-state index in [0.29, 0.717) is 19.4 Å². The largest absolute Gasteiger partial charge is 0.345 e. The van der Waals surface area contributed by atoms with Gasteiger partial charge in [-0.2, -0.15) is 4.31 Å². The van der Waals surface area contributed by atoms with Gasteiger partial charge in [-0.1, -0.05) is 24.1 Å². The van der Waals surface area contributed by atoms with Gasteiger partial charge in [0, 0.05) is 13.1 Å². The Bertz CT molecular complexity index is 635. The van der Waals surface area contributed by atoms with Gasteiger partial charge in [0.15, 0.2) is 0 Å². The topological polar surface area (TPSA) is 66.5 Å². The zero-order valence-corrected chi connectivity index (χ0v) is 12.5. The molecule has 1 fully saturated rings. The van der Waals surface area contributed by atoms with Crippen LogP contribution in [0.5, 0.6) is 0 Å². The Kier molecular flexibility index (Phi) is 4.99. The van der Waals surface area contributed by atoms with Crippen LogP contribution in [0, 0.1) is 18.3 Å². The fourth-order valence-corrected chi connectivity index (χ4v) is 3.94.